The van der Waals surface area contributed by atoms with E-state index in [4.69, 9.17) is 0 Å². The van der Waals surface area contributed by atoms with Crippen molar-refractivity contribution in [2.45, 2.75) is 18.7 Å². The molecule has 1 aliphatic rings. The molecule has 1 aromatic carbocycles. The summed E-state index contributed by atoms with van der Waals surface area (Å²) in [7, 11) is 0. The molecule has 0 aromatic heterocycles. The fourth-order valence-corrected chi connectivity index (χ4v) is 4.02. The second kappa shape index (κ2) is 7.34. The Hall–Kier alpha value is -0.710. The summed E-state index contributed by atoms with van der Waals surface area (Å²) in [5, 5.41) is 3.42. The van der Waals surface area contributed by atoms with Gasteiger partial charge in [-0.25, -0.2) is 0 Å². The van der Waals surface area contributed by atoms with Gasteiger partial charge in [0.1, 0.15) is 0 Å². The number of thiol groups is 1. The first kappa shape index (κ1) is 15.7. The van der Waals surface area contributed by atoms with Gasteiger partial charge in [-0.3, -0.25) is 0 Å². The fraction of sp³-hybridized carbons (Fsp3) is 0.250. The van der Waals surface area contributed by atoms with E-state index in [1.54, 1.807) is 23.5 Å². The van der Waals surface area contributed by atoms with E-state index < -0.39 is 0 Å². The molecule has 0 atom stereocenters. The standard InChI is InChI=1S/C16H19NS3/c1-12-6-4-5-7-15(12)20-14(3)10-16-17(8-9-18)13(2)11-19-16/h4-7,10-11,18H,3,8-9H2,1-2H3/b16-10+. The average molecular weight is 322 g/mol. The van der Waals surface area contributed by atoms with E-state index in [9.17, 15) is 0 Å². The summed E-state index contributed by atoms with van der Waals surface area (Å²) in [6.07, 6.45) is 2.16. The molecular weight excluding hydrogens is 302 g/mol. The maximum atomic E-state index is 4.33. The summed E-state index contributed by atoms with van der Waals surface area (Å²) >= 11 is 7.81. The first-order chi connectivity index (χ1) is 9.61. The van der Waals surface area contributed by atoms with Crippen LogP contribution in [-0.4, -0.2) is 17.2 Å². The Balaban J connectivity index is 2.07. The van der Waals surface area contributed by atoms with Crippen LogP contribution in [0, 0.1) is 6.92 Å². The van der Waals surface area contributed by atoms with Crippen LogP contribution in [0.15, 0.2) is 62.9 Å². The second-order valence-corrected chi connectivity index (χ2v) is 7.07. The van der Waals surface area contributed by atoms with E-state index >= 15 is 0 Å². The number of allylic oxidation sites excluding steroid dienone is 2. The summed E-state index contributed by atoms with van der Waals surface area (Å²) in [6, 6.07) is 8.40. The van der Waals surface area contributed by atoms with Gasteiger partial charge in [-0.05, 0) is 37.0 Å². The van der Waals surface area contributed by atoms with Crippen LogP contribution in [0.25, 0.3) is 0 Å². The lowest BCUT2D eigenvalue weighted by atomic mass is 10.2. The van der Waals surface area contributed by atoms with Crippen molar-refractivity contribution in [1.29, 1.82) is 0 Å². The third kappa shape index (κ3) is 3.90. The lowest BCUT2D eigenvalue weighted by Crippen LogP contribution is -2.18. The minimum Gasteiger partial charge on any atom is -0.339 e. The number of benzene rings is 1. The van der Waals surface area contributed by atoms with E-state index in [0.29, 0.717) is 0 Å². The van der Waals surface area contributed by atoms with E-state index in [-0.39, 0.29) is 0 Å². The molecule has 0 aliphatic carbocycles. The monoisotopic (exact) mass is 321 g/mol. The van der Waals surface area contributed by atoms with Crippen molar-refractivity contribution >= 4 is 36.2 Å². The molecule has 0 radical (unpaired) electrons. The smallest absolute Gasteiger partial charge is 0.0804 e. The Morgan fingerprint density at radius 3 is 2.85 bits per heavy atom. The Morgan fingerprint density at radius 2 is 2.15 bits per heavy atom. The molecule has 0 saturated carbocycles. The van der Waals surface area contributed by atoms with Crippen molar-refractivity contribution in [3.63, 3.8) is 0 Å². The van der Waals surface area contributed by atoms with Crippen molar-refractivity contribution in [3.05, 3.63) is 63.5 Å². The summed E-state index contributed by atoms with van der Waals surface area (Å²) in [6.45, 7) is 9.38. The third-order valence-corrected chi connectivity index (χ3v) is 5.28. The molecule has 20 heavy (non-hydrogen) atoms. The zero-order valence-electron chi connectivity index (χ0n) is 11.8. The molecule has 2 rings (SSSR count). The fourth-order valence-electron chi connectivity index (χ4n) is 1.92. The highest BCUT2D eigenvalue weighted by Crippen LogP contribution is 2.37. The highest BCUT2D eigenvalue weighted by atomic mass is 32.2. The molecule has 0 spiro atoms. The van der Waals surface area contributed by atoms with Gasteiger partial charge in [-0.1, -0.05) is 48.3 Å². The van der Waals surface area contributed by atoms with Gasteiger partial charge in [0, 0.05) is 27.8 Å². The predicted molar refractivity (Wildman–Crippen MR) is 96.2 cm³/mol. The molecule has 0 bridgehead atoms. The highest BCUT2D eigenvalue weighted by Gasteiger charge is 2.17. The van der Waals surface area contributed by atoms with Gasteiger partial charge >= 0.3 is 0 Å². The number of rotatable bonds is 5. The van der Waals surface area contributed by atoms with Crippen molar-refractivity contribution in [1.82, 2.24) is 4.90 Å². The van der Waals surface area contributed by atoms with Crippen LogP contribution in [0.4, 0.5) is 0 Å². The van der Waals surface area contributed by atoms with Gasteiger partial charge in [0.25, 0.3) is 0 Å². The minimum absolute atomic E-state index is 0.848. The van der Waals surface area contributed by atoms with Gasteiger partial charge in [-0.15, -0.1) is 0 Å². The third-order valence-electron chi connectivity index (χ3n) is 2.98. The molecule has 1 nitrogen and oxygen atoms in total. The van der Waals surface area contributed by atoms with Gasteiger partial charge < -0.3 is 4.90 Å². The van der Waals surface area contributed by atoms with Crippen molar-refractivity contribution in [2.75, 3.05) is 12.3 Å². The number of nitrogens with zero attached hydrogens (tertiary/aromatic N) is 1. The average Bonchev–Trinajstić information content (AvgIpc) is 2.75. The minimum atomic E-state index is 0.848. The molecule has 1 heterocycles. The van der Waals surface area contributed by atoms with E-state index in [2.05, 4.69) is 73.7 Å². The van der Waals surface area contributed by atoms with Crippen LogP contribution < -0.4 is 0 Å². The van der Waals surface area contributed by atoms with E-state index in [1.807, 2.05) is 0 Å². The first-order valence-corrected chi connectivity index (χ1v) is 8.80. The first-order valence-electron chi connectivity index (χ1n) is 6.47. The van der Waals surface area contributed by atoms with Crippen LogP contribution in [0.3, 0.4) is 0 Å². The van der Waals surface area contributed by atoms with Crippen molar-refractivity contribution in [2.24, 2.45) is 0 Å². The Kier molecular flexibility index (Phi) is 5.75. The lowest BCUT2D eigenvalue weighted by molar-refractivity contribution is 0.493. The molecule has 0 unspecified atom stereocenters. The number of hydrogen-bond donors (Lipinski definition) is 1. The largest absolute Gasteiger partial charge is 0.339 e. The molecule has 1 aromatic rings. The normalized spacial score (nSPS) is 16.6. The SMILES string of the molecule is C=C(/C=C1/SC=C(C)N1CCS)Sc1ccccc1C. The van der Waals surface area contributed by atoms with Gasteiger partial charge in [-0.2, -0.15) is 12.6 Å². The topological polar surface area (TPSA) is 3.24 Å². The molecule has 4 heteroatoms. The van der Waals surface area contributed by atoms with Crippen LogP contribution in [0.5, 0.6) is 0 Å². The van der Waals surface area contributed by atoms with Crippen molar-refractivity contribution in [3.8, 4) is 0 Å². The summed E-state index contributed by atoms with van der Waals surface area (Å²) in [5.41, 5.74) is 2.57. The summed E-state index contributed by atoms with van der Waals surface area (Å²) in [5.74, 6) is 0.848. The lowest BCUT2D eigenvalue weighted by Gasteiger charge is -2.20. The molecule has 0 amide bonds. The van der Waals surface area contributed by atoms with Crippen LogP contribution in [-0.2, 0) is 0 Å². The maximum absolute atomic E-state index is 4.33. The number of thioether (sulfide) groups is 2. The van der Waals surface area contributed by atoms with Crippen LogP contribution in [0.1, 0.15) is 12.5 Å². The van der Waals surface area contributed by atoms with Gasteiger partial charge in [0.15, 0.2) is 0 Å². The quantitative estimate of drug-likeness (QED) is 0.581. The maximum Gasteiger partial charge on any atom is 0.0804 e. The van der Waals surface area contributed by atoms with Gasteiger partial charge in [0.05, 0.1) is 5.03 Å². The molecular formula is C16H19NS3. The Bertz CT molecular complexity index is 561. The highest BCUT2D eigenvalue weighted by molar-refractivity contribution is 8.06. The van der Waals surface area contributed by atoms with Gasteiger partial charge in [0.2, 0.25) is 0 Å². The molecule has 0 saturated heterocycles. The second-order valence-electron chi connectivity index (χ2n) is 4.57. The number of hydrogen-bond acceptors (Lipinski definition) is 4. The summed E-state index contributed by atoms with van der Waals surface area (Å²) < 4.78 is 0. The molecule has 1 aliphatic heterocycles. The Labute approximate surface area is 135 Å². The van der Waals surface area contributed by atoms with E-state index in [1.165, 1.54) is 21.2 Å². The number of aryl methyl sites for hydroxylation is 1. The summed E-state index contributed by atoms with van der Waals surface area (Å²) in [4.78, 5) is 4.62. The van der Waals surface area contributed by atoms with E-state index in [0.717, 1.165) is 17.2 Å². The zero-order chi connectivity index (χ0) is 14.5. The van der Waals surface area contributed by atoms with Crippen molar-refractivity contribution < 1.29 is 0 Å². The van der Waals surface area contributed by atoms with Crippen LogP contribution in [0.2, 0.25) is 0 Å². The Morgan fingerprint density at radius 1 is 1.40 bits per heavy atom. The van der Waals surface area contributed by atoms with Crippen LogP contribution >= 0.6 is 36.2 Å². The zero-order valence-corrected chi connectivity index (χ0v) is 14.3. The molecule has 0 fully saturated rings. The predicted octanol–water partition coefficient (Wildman–Crippen LogP) is 5.28. The molecule has 0 N–H and O–H groups in total. The molecule has 106 valence electrons.